The van der Waals surface area contributed by atoms with Gasteiger partial charge in [0.2, 0.25) is 5.91 Å². The lowest BCUT2D eigenvalue weighted by Crippen LogP contribution is -2.39. The summed E-state index contributed by atoms with van der Waals surface area (Å²) in [5, 5.41) is 12.1. The number of hydrogen-bond donors (Lipinski definition) is 3. The number of aliphatic hydroxyl groups is 1. The van der Waals surface area contributed by atoms with Crippen molar-refractivity contribution in [3.8, 4) is 0 Å². The van der Waals surface area contributed by atoms with E-state index in [-0.39, 0.29) is 25.1 Å². The van der Waals surface area contributed by atoms with Crippen LogP contribution in [0, 0.1) is 0 Å². The highest BCUT2D eigenvalue weighted by atomic mass is 35.5. The molecule has 0 atom stereocenters. The molecular weight excluding hydrogens is 266 g/mol. The molecule has 0 aliphatic heterocycles. The minimum Gasteiger partial charge on any atom is -0.399 e. The van der Waals surface area contributed by atoms with Crippen molar-refractivity contribution < 1.29 is 9.90 Å². The quantitative estimate of drug-likeness (QED) is 0.693. The van der Waals surface area contributed by atoms with Crippen LogP contribution in [0.5, 0.6) is 0 Å². The van der Waals surface area contributed by atoms with Crippen molar-refractivity contribution in [2.75, 3.05) is 30.7 Å². The van der Waals surface area contributed by atoms with Crippen molar-refractivity contribution in [2.24, 2.45) is 0 Å². The zero-order valence-corrected chi connectivity index (χ0v) is 11.9. The predicted molar refractivity (Wildman–Crippen MR) is 78.3 cm³/mol. The topological polar surface area (TPSA) is 78.6 Å². The second-order valence-electron chi connectivity index (χ2n) is 4.58. The first-order valence-corrected chi connectivity index (χ1v) is 6.51. The third kappa shape index (κ3) is 5.06. The maximum Gasteiger partial charge on any atom is 0.238 e. The third-order valence-corrected chi connectivity index (χ3v) is 3.04. The molecule has 1 aromatic carbocycles. The number of nitrogen functional groups attached to an aromatic ring is 1. The van der Waals surface area contributed by atoms with E-state index in [2.05, 4.69) is 5.32 Å². The van der Waals surface area contributed by atoms with Crippen LogP contribution in [0.4, 0.5) is 11.4 Å². The van der Waals surface area contributed by atoms with Gasteiger partial charge in [0.1, 0.15) is 0 Å². The minimum absolute atomic E-state index is 0.0219. The van der Waals surface area contributed by atoms with Gasteiger partial charge >= 0.3 is 0 Å². The maximum absolute atomic E-state index is 11.9. The average molecular weight is 286 g/mol. The molecule has 19 heavy (non-hydrogen) atoms. The van der Waals surface area contributed by atoms with Crippen molar-refractivity contribution in [1.82, 2.24) is 4.90 Å². The van der Waals surface area contributed by atoms with E-state index in [0.29, 0.717) is 22.9 Å². The summed E-state index contributed by atoms with van der Waals surface area (Å²) in [5.74, 6) is -0.172. The summed E-state index contributed by atoms with van der Waals surface area (Å²) in [7, 11) is 0. The third-order valence-electron chi connectivity index (χ3n) is 2.73. The van der Waals surface area contributed by atoms with Crippen LogP contribution in [-0.4, -0.2) is 41.7 Å². The van der Waals surface area contributed by atoms with E-state index in [0.717, 1.165) is 0 Å². The molecule has 0 saturated heterocycles. The summed E-state index contributed by atoms with van der Waals surface area (Å²) in [6.07, 6.45) is 0. The highest BCUT2D eigenvalue weighted by Gasteiger charge is 2.14. The van der Waals surface area contributed by atoms with Crippen LogP contribution >= 0.6 is 11.6 Å². The highest BCUT2D eigenvalue weighted by molar-refractivity contribution is 6.34. The number of amides is 1. The molecule has 1 amide bonds. The standard InChI is InChI=1S/C13H20ClN3O2/c1-9(2)17(5-6-18)8-13(19)16-12-4-3-10(15)7-11(12)14/h3-4,7,9,18H,5-6,8,15H2,1-2H3,(H,16,19). The molecule has 6 heteroatoms. The summed E-state index contributed by atoms with van der Waals surface area (Å²) in [6, 6.07) is 5.11. The van der Waals surface area contributed by atoms with Gasteiger partial charge in [-0.2, -0.15) is 0 Å². The van der Waals surface area contributed by atoms with Crippen molar-refractivity contribution in [1.29, 1.82) is 0 Å². The molecule has 0 radical (unpaired) electrons. The van der Waals surface area contributed by atoms with Crippen LogP contribution in [0.2, 0.25) is 5.02 Å². The molecule has 5 nitrogen and oxygen atoms in total. The molecule has 0 fully saturated rings. The molecular formula is C13H20ClN3O2. The van der Waals surface area contributed by atoms with Gasteiger partial charge in [-0.05, 0) is 32.0 Å². The van der Waals surface area contributed by atoms with Crippen LogP contribution in [-0.2, 0) is 4.79 Å². The smallest absolute Gasteiger partial charge is 0.238 e. The van der Waals surface area contributed by atoms with Crippen LogP contribution in [0.1, 0.15) is 13.8 Å². The molecule has 1 aromatic rings. The van der Waals surface area contributed by atoms with Gasteiger partial charge in [-0.3, -0.25) is 9.69 Å². The SMILES string of the molecule is CC(C)N(CCO)CC(=O)Nc1ccc(N)cc1Cl. The molecule has 4 N–H and O–H groups in total. The minimum atomic E-state index is -0.172. The fourth-order valence-corrected chi connectivity index (χ4v) is 1.89. The number of nitrogens with one attached hydrogen (secondary N) is 1. The van der Waals surface area contributed by atoms with Crippen LogP contribution < -0.4 is 11.1 Å². The van der Waals surface area contributed by atoms with Gasteiger partial charge < -0.3 is 16.2 Å². The summed E-state index contributed by atoms with van der Waals surface area (Å²) in [4.78, 5) is 13.8. The van der Waals surface area contributed by atoms with Gasteiger partial charge in [-0.15, -0.1) is 0 Å². The van der Waals surface area contributed by atoms with E-state index in [1.807, 2.05) is 18.7 Å². The van der Waals surface area contributed by atoms with Gasteiger partial charge in [0.05, 0.1) is 23.9 Å². The number of benzene rings is 1. The number of aliphatic hydroxyl groups excluding tert-OH is 1. The Labute approximate surface area is 118 Å². The number of nitrogens with zero attached hydrogens (tertiary/aromatic N) is 1. The summed E-state index contributed by atoms with van der Waals surface area (Å²) < 4.78 is 0. The number of hydrogen-bond acceptors (Lipinski definition) is 4. The van der Waals surface area contributed by atoms with E-state index in [1.54, 1.807) is 18.2 Å². The fourth-order valence-electron chi connectivity index (χ4n) is 1.66. The van der Waals surface area contributed by atoms with Gasteiger partial charge in [-0.1, -0.05) is 11.6 Å². The number of nitrogens with two attached hydrogens (primary N) is 1. The zero-order valence-electron chi connectivity index (χ0n) is 11.2. The summed E-state index contributed by atoms with van der Waals surface area (Å²) in [6.45, 7) is 4.63. The van der Waals surface area contributed by atoms with Crippen molar-refractivity contribution in [3.05, 3.63) is 23.2 Å². The first-order valence-electron chi connectivity index (χ1n) is 6.13. The Morgan fingerprint density at radius 1 is 1.53 bits per heavy atom. The molecule has 1 rings (SSSR count). The number of anilines is 2. The second kappa shape index (κ2) is 7.33. The lowest BCUT2D eigenvalue weighted by molar-refractivity contribution is -0.117. The monoisotopic (exact) mass is 285 g/mol. The number of rotatable bonds is 6. The zero-order chi connectivity index (χ0) is 14.4. The molecule has 0 bridgehead atoms. The molecule has 0 saturated carbocycles. The van der Waals surface area contributed by atoms with E-state index in [4.69, 9.17) is 22.4 Å². The van der Waals surface area contributed by atoms with Crippen molar-refractivity contribution >= 4 is 28.9 Å². The van der Waals surface area contributed by atoms with Crippen molar-refractivity contribution in [3.63, 3.8) is 0 Å². The van der Waals surface area contributed by atoms with E-state index < -0.39 is 0 Å². The Morgan fingerprint density at radius 3 is 2.74 bits per heavy atom. The summed E-state index contributed by atoms with van der Waals surface area (Å²) >= 11 is 5.99. The lowest BCUT2D eigenvalue weighted by Gasteiger charge is -2.24. The Bertz CT molecular complexity index is 438. The van der Waals surface area contributed by atoms with Crippen LogP contribution in [0.25, 0.3) is 0 Å². The van der Waals surface area contributed by atoms with E-state index in [1.165, 1.54) is 0 Å². The average Bonchev–Trinajstić information content (AvgIpc) is 2.32. The van der Waals surface area contributed by atoms with Crippen LogP contribution in [0.15, 0.2) is 18.2 Å². The highest BCUT2D eigenvalue weighted by Crippen LogP contribution is 2.23. The number of carbonyl (C=O) groups excluding carboxylic acids is 1. The Hall–Kier alpha value is -1.30. The fraction of sp³-hybridized carbons (Fsp3) is 0.462. The Morgan fingerprint density at radius 2 is 2.21 bits per heavy atom. The molecule has 0 aromatic heterocycles. The summed E-state index contributed by atoms with van der Waals surface area (Å²) in [5.41, 5.74) is 6.67. The second-order valence-corrected chi connectivity index (χ2v) is 4.98. The molecule has 0 spiro atoms. The lowest BCUT2D eigenvalue weighted by atomic mass is 10.2. The van der Waals surface area contributed by atoms with Gasteiger partial charge in [0, 0.05) is 18.3 Å². The van der Waals surface area contributed by atoms with Crippen LogP contribution in [0.3, 0.4) is 0 Å². The molecule has 0 aliphatic carbocycles. The first-order chi connectivity index (χ1) is 8.93. The number of carbonyl (C=O) groups is 1. The van der Waals surface area contributed by atoms with E-state index in [9.17, 15) is 4.79 Å². The normalized spacial score (nSPS) is 11.1. The van der Waals surface area contributed by atoms with Gasteiger partial charge in [0.15, 0.2) is 0 Å². The maximum atomic E-state index is 11.9. The predicted octanol–water partition coefficient (Wildman–Crippen LogP) is 1.56. The van der Waals surface area contributed by atoms with Gasteiger partial charge in [0.25, 0.3) is 0 Å². The van der Waals surface area contributed by atoms with E-state index >= 15 is 0 Å². The Balaban J connectivity index is 2.63. The largest absolute Gasteiger partial charge is 0.399 e. The molecule has 106 valence electrons. The molecule has 0 unspecified atom stereocenters. The van der Waals surface area contributed by atoms with Crippen molar-refractivity contribution in [2.45, 2.75) is 19.9 Å². The van der Waals surface area contributed by atoms with Gasteiger partial charge in [-0.25, -0.2) is 0 Å². The molecule has 0 heterocycles. The number of halogens is 1. The molecule has 0 aliphatic rings. The Kier molecular flexibility index (Phi) is 6.08. The first kappa shape index (κ1) is 15.8.